The molecule has 1 aromatic heterocycles. The number of rotatable bonds is 4. The van der Waals surface area contributed by atoms with Gasteiger partial charge in [-0.25, -0.2) is 4.98 Å². The Bertz CT molecular complexity index is 381. The maximum absolute atomic E-state index is 6.09. The number of hydrogen-bond acceptors (Lipinski definition) is 4. The summed E-state index contributed by atoms with van der Waals surface area (Å²) in [5.41, 5.74) is 5.83. The topological polar surface area (TPSA) is 42.2 Å². The minimum Gasteiger partial charge on any atom is -0.321 e. The fourth-order valence-electron chi connectivity index (χ4n) is 2.47. The summed E-state index contributed by atoms with van der Waals surface area (Å²) < 4.78 is 0. The van der Waals surface area contributed by atoms with Crippen molar-refractivity contribution in [3.63, 3.8) is 0 Å². The Balaban J connectivity index is 1.85. The van der Waals surface area contributed by atoms with Crippen molar-refractivity contribution in [2.45, 2.75) is 45.6 Å². The van der Waals surface area contributed by atoms with E-state index in [4.69, 9.17) is 5.73 Å². The van der Waals surface area contributed by atoms with E-state index in [1.54, 1.807) is 11.3 Å². The molecule has 2 heterocycles. The van der Waals surface area contributed by atoms with Gasteiger partial charge in [0, 0.05) is 36.1 Å². The summed E-state index contributed by atoms with van der Waals surface area (Å²) in [5, 5.41) is 1.22. The van der Waals surface area contributed by atoms with Crippen LogP contribution in [0, 0.1) is 5.92 Å². The Kier molecular flexibility index (Phi) is 4.41. The first kappa shape index (κ1) is 14.0. The molecule has 0 aliphatic carbocycles. The van der Waals surface area contributed by atoms with Gasteiger partial charge in [0.15, 0.2) is 0 Å². The monoisotopic (exact) mass is 267 g/mol. The number of piperidine rings is 1. The molecule has 1 aromatic rings. The molecule has 0 spiro atoms. The molecule has 0 saturated carbocycles. The largest absolute Gasteiger partial charge is 0.321 e. The number of thiazole rings is 1. The van der Waals surface area contributed by atoms with Crippen LogP contribution in [0.2, 0.25) is 0 Å². The second-order valence-electron chi connectivity index (χ2n) is 6.14. The zero-order valence-corrected chi connectivity index (χ0v) is 12.6. The van der Waals surface area contributed by atoms with Gasteiger partial charge in [-0.2, -0.15) is 0 Å². The first-order valence-electron chi connectivity index (χ1n) is 6.91. The summed E-state index contributed by atoms with van der Waals surface area (Å²) in [6.45, 7) is 10.1. The molecule has 1 aliphatic heterocycles. The molecule has 0 amide bonds. The first-order chi connectivity index (χ1) is 8.45. The SMILES string of the molecule is CC1CCCN(CCc2ncc(C(C)(C)N)s2)C1. The third-order valence-electron chi connectivity index (χ3n) is 3.57. The Morgan fingerprint density at radius 3 is 2.94 bits per heavy atom. The molecule has 102 valence electrons. The van der Waals surface area contributed by atoms with Gasteiger partial charge in [0.25, 0.3) is 0 Å². The lowest BCUT2D eigenvalue weighted by atomic mass is 10.0. The van der Waals surface area contributed by atoms with Gasteiger partial charge in [0.05, 0.1) is 5.01 Å². The van der Waals surface area contributed by atoms with Crippen molar-refractivity contribution < 1.29 is 0 Å². The second-order valence-corrected chi connectivity index (χ2v) is 7.25. The highest BCUT2D eigenvalue weighted by atomic mass is 32.1. The highest BCUT2D eigenvalue weighted by Crippen LogP contribution is 2.24. The fraction of sp³-hybridized carbons (Fsp3) is 0.786. The lowest BCUT2D eigenvalue weighted by Gasteiger charge is -2.30. The molecule has 1 unspecified atom stereocenters. The number of nitrogens with two attached hydrogens (primary N) is 1. The van der Waals surface area contributed by atoms with Crippen LogP contribution < -0.4 is 5.73 Å². The van der Waals surface area contributed by atoms with E-state index in [9.17, 15) is 0 Å². The van der Waals surface area contributed by atoms with E-state index in [-0.39, 0.29) is 5.54 Å². The fourth-order valence-corrected chi connectivity index (χ4v) is 3.39. The minimum absolute atomic E-state index is 0.254. The van der Waals surface area contributed by atoms with Crippen molar-refractivity contribution in [1.82, 2.24) is 9.88 Å². The molecule has 0 radical (unpaired) electrons. The molecule has 1 fully saturated rings. The van der Waals surface area contributed by atoms with E-state index in [0.717, 1.165) is 18.9 Å². The van der Waals surface area contributed by atoms with Crippen molar-refractivity contribution in [3.8, 4) is 0 Å². The highest BCUT2D eigenvalue weighted by Gasteiger charge is 2.19. The zero-order valence-electron chi connectivity index (χ0n) is 11.8. The zero-order chi connectivity index (χ0) is 13.2. The Hall–Kier alpha value is -0.450. The van der Waals surface area contributed by atoms with E-state index in [0.29, 0.717) is 0 Å². The van der Waals surface area contributed by atoms with Crippen LogP contribution in [-0.4, -0.2) is 29.5 Å². The molecule has 1 saturated heterocycles. The minimum atomic E-state index is -0.254. The summed E-state index contributed by atoms with van der Waals surface area (Å²) in [4.78, 5) is 8.25. The summed E-state index contributed by atoms with van der Waals surface area (Å²) in [7, 11) is 0. The van der Waals surface area contributed by atoms with Crippen LogP contribution in [0.3, 0.4) is 0 Å². The summed E-state index contributed by atoms with van der Waals surface area (Å²) >= 11 is 1.77. The van der Waals surface area contributed by atoms with Gasteiger partial charge in [0.2, 0.25) is 0 Å². The van der Waals surface area contributed by atoms with E-state index in [1.807, 2.05) is 20.0 Å². The summed E-state index contributed by atoms with van der Waals surface area (Å²) in [6, 6.07) is 0. The quantitative estimate of drug-likeness (QED) is 0.912. The molecular weight excluding hydrogens is 242 g/mol. The average Bonchev–Trinajstić information content (AvgIpc) is 2.74. The Morgan fingerprint density at radius 1 is 1.56 bits per heavy atom. The first-order valence-corrected chi connectivity index (χ1v) is 7.73. The summed E-state index contributed by atoms with van der Waals surface area (Å²) in [6.07, 6.45) is 5.74. The average molecular weight is 267 g/mol. The predicted molar refractivity (Wildman–Crippen MR) is 77.9 cm³/mol. The van der Waals surface area contributed by atoms with E-state index in [1.165, 1.54) is 35.8 Å². The maximum atomic E-state index is 6.09. The molecular formula is C14H25N3S. The van der Waals surface area contributed by atoms with Crippen molar-refractivity contribution in [2.75, 3.05) is 19.6 Å². The van der Waals surface area contributed by atoms with E-state index < -0.39 is 0 Å². The smallest absolute Gasteiger partial charge is 0.0941 e. The van der Waals surface area contributed by atoms with Crippen molar-refractivity contribution in [3.05, 3.63) is 16.1 Å². The highest BCUT2D eigenvalue weighted by molar-refractivity contribution is 7.11. The lowest BCUT2D eigenvalue weighted by molar-refractivity contribution is 0.186. The Labute approximate surface area is 114 Å². The third-order valence-corrected chi connectivity index (χ3v) is 4.97. The molecule has 1 atom stereocenters. The van der Waals surface area contributed by atoms with Crippen LogP contribution in [0.5, 0.6) is 0 Å². The lowest BCUT2D eigenvalue weighted by Crippen LogP contribution is -2.35. The molecule has 18 heavy (non-hydrogen) atoms. The molecule has 4 heteroatoms. The normalized spacial score (nSPS) is 22.3. The van der Waals surface area contributed by atoms with Gasteiger partial charge in [-0.3, -0.25) is 0 Å². The van der Waals surface area contributed by atoms with Gasteiger partial charge in [-0.1, -0.05) is 6.92 Å². The van der Waals surface area contributed by atoms with Crippen LogP contribution in [0.4, 0.5) is 0 Å². The van der Waals surface area contributed by atoms with Crippen molar-refractivity contribution in [1.29, 1.82) is 0 Å². The number of nitrogens with zero attached hydrogens (tertiary/aromatic N) is 2. The van der Waals surface area contributed by atoms with Crippen molar-refractivity contribution in [2.24, 2.45) is 11.7 Å². The van der Waals surface area contributed by atoms with E-state index >= 15 is 0 Å². The maximum Gasteiger partial charge on any atom is 0.0941 e. The van der Waals surface area contributed by atoms with Gasteiger partial charge in [0.1, 0.15) is 0 Å². The number of hydrogen-bond donors (Lipinski definition) is 1. The van der Waals surface area contributed by atoms with Gasteiger partial charge in [-0.05, 0) is 39.2 Å². The molecule has 0 aromatic carbocycles. The second kappa shape index (κ2) is 5.68. The van der Waals surface area contributed by atoms with Gasteiger partial charge >= 0.3 is 0 Å². The van der Waals surface area contributed by atoms with Crippen LogP contribution >= 0.6 is 11.3 Å². The van der Waals surface area contributed by atoms with Crippen LogP contribution in [-0.2, 0) is 12.0 Å². The molecule has 2 rings (SSSR count). The standard InChI is InChI=1S/C14H25N3S/c1-11-5-4-7-17(10-11)8-6-13-16-9-12(18-13)14(2,3)15/h9,11H,4-8,10,15H2,1-3H3. The number of likely N-dealkylation sites (tertiary alicyclic amines) is 1. The molecule has 0 bridgehead atoms. The summed E-state index contributed by atoms with van der Waals surface area (Å²) in [5.74, 6) is 0.855. The number of aromatic nitrogens is 1. The third kappa shape index (κ3) is 3.77. The Morgan fingerprint density at radius 2 is 2.33 bits per heavy atom. The van der Waals surface area contributed by atoms with Crippen molar-refractivity contribution >= 4 is 11.3 Å². The van der Waals surface area contributed by atoms with Crippen LogP contribution in [0.1, 0.15) is 43.5 Å². The molecule has 2 N–H and O–H groups in total. The van der Waals surface area contributed by atoms with Gasteiger partial charge < -0.3 is 10.6 Å². The van der Waals surface area contributed by atoms with E-state index in [2.05, 4.69) is 16.8 Å². The molecule has 1 aliphatic rings. The molecule has 3 nitrogen and oxygen atoms in total. The predicted octanol–water partition coefficient (Wildman–Crippen LogP) is 2.61. The van der Waals surface area contributed by atoms with Gasteiger partial charge in [-0.15, -0.1) is 11.3 Å². The van der Waals surface area contributed by atoms with Crippen LogP contribution in [0.25, 0.3) is 0 Å². The van der Waals surface area contributed by atoms with Crippen LogP contribution in [0.15, 0.2) is 6.20 Å².